The Kier molecular flexibility index (Phi) is 5.80. The van der Waals surface area contributed by atoms with Crippen LogP contribution in [0, 0.1) is 6.92 Å². The van der Waals surface area contributed by atoms with E-state index in [0.717, 1.165) is 5.56 Å². The third kappa shape index (κ3) is 4.32. The Morgan fingerprint density at radius 3 is 2.13 bits per heavy atom. The van der Waals surface area contributed by atoms with Gasteiger partial charge in [-0.15, -0.1) is 0 Å². The summed E-state index contributed by atoms with van der Waals surface area (Å²) in [7, 11) is -2.15. The van der Waals surface area contributed by atoms with Gasteiger partial charge in [0, 0.05) is 6.42 Å². The van der Waals surface area contributed by atoms with Gasteiger partial charge in [-0.2, -0.15) is 0 Å². The van der Waals surface area contributed by atoms with Crippen LogP contribution in [0.1, 0.15) is 22.8 Å². The number of aryl methyl sites for hydroxylation is 1. The minimum Gasteiger partial charge on any atom is -0.497 e. The first kappa shape index (κ1) is 17.9. The minimum atomic E-state index is -3.67. The fraction of sp³-hybridized carbons (Fsp3) is 0.235. The highest BCUT2D eigenvalue weighted by atomic mass is 127. The van der Waals surface area contributed by atoms with E-state index in [1.807, 2.05) is 19.1 Å². The average Bonchev–Trinajstić information content (AvgIpc) is 2.53. The maximum atomic E-state index is 13.0. The molecule has 0 aliphatic carbocycles. The van der Waals surface area contributed by atoms with E-state index in [1.165, 1.54) is 19.2 Å². The lowest BCUT2D eigenvalue weighted by atomic mass is 10.1. The SMILES string of the molecule is COc1ccc(S(=O)(=O)C(CC(=O)I)c2ccc(C)cc2)cc1. The van der Waals surface area contributed by atoms with Crippen LogP contribution in [0.4, 0.5) is 0 Å². The smallest absolute Gasteiger partial charge is 0.194 e. The van der Waals surface area contributed by atoms with Gasteiger partial charge in [0.2, 0.25) is 0 Å². The number of rotatable bonds is 6. The highest BCUT2D eigenvalue weighted by molar-refractivity contribution is 14.1. The summed E-state index contributed by atoms with van der Waals surface area (Å²) in [6.07, 6.45) is -0.0576. The van der Waals surface area contributed by atoms with E-state index in [1.54, 1.807) is 46.9 Å². The van der Waals surface area contributed by atoms with Gasteiger partial charge >= 0.3 is 0 Å². The standard InChI is InChI=1S/C17H17IO4S/c1-12-3-5-13(6-4-12)16(11-17(18)19)23(20,21)15-9-7-14(22-2)8-10-15/h3-10,16H,11H2,1-2H3. The van der Waals surface area contributed by atoms with Crippen LogP contribution in [-0.2, 0) is 14.6 Å². The highest BCUT2D eigenvalue weighted by Crippen LogP contribution is 2.33. The molecule has 0 saturated heterocycles. The molecule has 1 unspecified atom stereocenters. The van der Waals surface area contributed by atoms with Gasteiger partial charge in [-0.25, -0.2) is 8.42 Å². The Labute approximate surface area is 149 Å². The summed E-state index contributed by atoms with van der Waals surface area (Å²) in [5, 5.41) is -0.888. The lowest BCUT2D eigenvalue weighted by molar-refractivity contribution is -0.109. The summed E-state index contributed by atoms with van der Waals surface area (Å²) >= 11 is 1.64. The van der Waals surface area contributed by atoms with E-state index in [2.05, 4.69) is 0 Å². The predicted octanol–water partition coefficient (Wildman–Crippen LogP) is 3.87. The Hall–Kier alpha value is -1.41. The number of sulfone groups is 1. The van der Waals surface area contributed by atoms with Crippen LogP contribution >= 0.6 is 22.6 Å². The number of halogens is 1. The van der Waals surface area contributed by atoms with Crippen molar-refractivity contribution in [3.8, 4) is 5.75 Å². The Morgan fingerprint density at radius 2 is 1.65 bits per heavy atom. The zero-order valence-corrected chi connectivity index (χ0v) is 15.8. The molecular weight excluding hydrogens is 427 g/mol. The van der Waals surface area contributed by atoms with Crippen molar-refractivity contribution in [3.05, 3.63) is 59.7 Å². The van der Waals surface area contributed by atoms with Gasteiger partial charge in [0.05, 0.1) is 17.3 Å². The lowest BCUT2D eigenvalue weighted by Gasteiger charge is -2.17. The molecule has 4 nitrogen and oxygen atoms in total. The predicted molar refractivity (Wildman–Crippen MR) is 97.7 cm³/mol. The lowest BCUT2D eigenvalue weighted by Crippen LogP contribution is -2.16. The van der Waals surface area contributed by atoms with Gasteiger partial charge < -0.3 is 4.74 Å². The summed E-state index contributed by atoms with van der Waals surface area (Å²) in [4.78, 5) is 11.8. The van der Waals surface area contributed by atoms with Crippen molar-refractivity contribution in [1.29, 1.82) is 0 Å². The summed E-state index contributed by atoms with van der Waals surface area (Å²) in [5.74, 6) is 0.584. The van der Waals surface area contributed by atoms with Crippen molar-refractivity contribution in [3.63, 3.8) is 0 Å². The molecule has 0 amide bonds. The van der Waals surface area contributed by atoms with Crippen LogP contribution in [0.3, 0.4) is 0 Å². The summed E-state index contributed by atoms with van der Waals surface area (Å²) < 4.78 is 30.8. The molecule has 0 radical (unpaired) electrons. The fourth-order valence-electron chi connectivity index (χ4n) is 2.26. The van der Waals surface area contributed by atoms with Crippen LogP contribution < -0.4 is 4.74 Å². The topological polar surface area (TPSA) is 60.4 Å². The van der Waals surface area contributed by atoms with Crippen molar-refractivity contribution in [2.24, 2.45) is 0 Å². The molecule has 2 aromatic rings. The van der Waals surface area contributed by atoms with Gasteiger partial charge in [-0.05, 0) is 59.3 Å². The molecule has 2 rings (SSSR count). The number of hydrogen-bond acceptors (Lipinski definition) is 4. The van der Waals surface area contributed by atoms with E-state index in [9.17, 15) is 13.2 Å². The number of benzene rings is 2. The van der Waals surface area contributed by atoms with Gasteiger partial charge in [-0.1, -0.05) is 29.8 Å². The van der Waals surface area contributed by atoms with E-state index < -0.39 is 15.1 Å². The van der Waals surface area contributed by atoms with Crippen molar-refractivity contribution >= 4 is 36.2 Å². The summed E-state index contributed by atoms with van der Waals surface area (Å²) in [5.41, 5.74) is 1.66. The Morgan fingerprint density at radius 1 is 1.09 bits per heavy atom. The number of carbonyl (C=O) groups is 1. The van der Waals surface area contributed by atoms with Crippen LogP contribution in [-0.4, -0.2) is 19.3 Å². The van der Waals surface area contributed by atoms with E-state index >= 15 is 0 Å². The molecule has 0 fully saturated rings. The van der Waals surface area contributed by atoms with Crippen LogP contribution in [0.25, 0.3) is 0 Å². The number of carbonyl (C=O) groups excluding carboxylic acids is 1. The summed E-state index contributed by atoms with van der Waals surface area (Å²) in [6.45, 7) is 1.93. The van der Waals surface area contributed by atoms with Gasteiger partial charge in [0.1, 0.15) is 5.75 Å². The second-order valence-corrected chi connectivity index (χ2v) is 8.51. The molecule has 0 bridgehead atoms. The highest BCUT2D eigenvalue weighted by Gasteiger charge is 2.30. The summed E-state index contributed by atoms with van der Waals surface area (Å²) in [6, 6.07) is 13.4. The van der Waals surface area contributed by atoms with Crippen molar-refractivity contribution in [2.45, 2.75) is 23.5 Å². The molecular formula is C17H17IO4S. The largest absolute Gasteiger partial charge is 0.497 e. The molecule has 0 heterocycles. The first-order chi connectivity index (χ1) is 10.8. The van der Waals surface area contributed by atoms with Gasteiger partial charge in [0.25, 0.3) is 0 Å². The number of hydrogen-bond donors (Lipinski definition) is 0. The molecule has 0 aliphatic heterocycles. The molecule has 0 aliphatic rings. The molecule has 0 saturated carbocycles. The number of methoxy groups -OCH3 is 1. The third-order valence-electron chi connectivity index (χ3n) is 3.56. The molecule has 2 aromatic carbocycles. The first-order valence-corrected chi connectivity index (χ1v) is 9.60. The minimum absolute atomic E-state index is 0.0576. The van der Waals surface area contributed by atoms with Crippen LogP contribution in [0.5, 0.6) is 5.75 Å². The molecule has 1 atom stereocenters. The second kappa shape index (κ2) is 7.44. The average molecular weight is 444 g/mol. The van der Waals surface area contributed by atoms with E-state index in [-0.39, 0.29) is 15.1 Å². The maximum absolute atomic E-state index is 13.0. The van der Waals surface area contributed by atoms with Crippen molar-refractivity contribution in [2.75, 3.05) is 7.11 Å². The molecule has 23 heavy (non-hydrogen) atoms. The Bertz CT molecular complexity index is 780. The third-order valence-corrected chi connectivity index (χ3v) is 6.12. The zero-order chi connectivity index (χ0) is 17.0. The van der Waals surface area contributed by atoms with Crippen molar-refractivity contribution < 1.29 is 17.9 Å². The molecule has 6 heteroatoms. The zero-order valence-electron chi connectivity index (χ0n) is 12.8. The molecule has 0 aromatic heterocycles. The molecule has 0 spiro atoms. The van der Waals surface area contributed by atoms with E-state index in [0.29, 0.717) is 11.3 Å². The van der Waals surface area contributed by atoms with Crippen LogP contribution in [0.15, 0.2) is 53.4 Å². The van der Waals surface area contributed by atoms with Gasteiger partial charge in [0.15, 0.2) is 13.6 Å². The van der Waals surface area contributed by atoms with Crippen LogP contribution in [0.2, 0.25) is 0 Å². The first-order valence-electron chi connectivity index (χ1n) is 6.97. The molecule has 0 N–H and O–H groups in total. The second-order valence-electron chi connectivity index (χ2n) is 5.18. The quantitative estimate of drug-likeness (QED) is 0.502. The maximum Gasteiger partial charge on any atom is 0.194 e. The van der Waals surface area contributed by atoms with Crippen molar-refractivity contribution in [1.82, 2.24) is 0 Å². The fourth-order valence-corrected chi connectivity index (χ4v) is 4.73. The normalized spacial score (nSPS) is 12.7. The monoisotopic (exact) mass is 444 g/mol. The van der Waals surface area contributed by atoms with E-state index in [4.69, 9.17) is 4.74 Å². The van der Waals surface area contributed by atoms with Gasteiger partial charge in [-0.3, -0.25) is 4.79 Å². The molecule has 122 valence electrons. The number of ether oxygens (including phenoxy) is 1. The Balaban J connectivity index is 2.47.